The molecule has 0 radical (unpaired) electrons. The second kappa shape index (κ2) is 8.26. The highest BCUT2D eigenvalue weighted by atomic mass is 19.1. The van der Waals surface area contributed by atoms with Gasteiger partial charge in [-0.2, -0.15) is 9.78 Å². The predicted octanol–water partition coefficient (Wildman–Crippen LogP) is 3.41. The fraction of sp³-hybridized carbons (Fsp3) is 0.217. The number of H-pyrrole nitrogens is 1. The highest BCUT2D eigenvalue weighted by molar-refractivity contribution is 5.92. The van der Waals surface area contributed by atoms with Crippen LogP contribution in [0.5, 0.6) is 0 Å². The molecule has 9 heteroatoms. The molecule has 1 amide bonds. The largest absolute Gasteiger partial charge is 0.463 e. The summed E-state index contributed by atoms with van der Waals surface area (Å²) in [5.74, 6) is 0.396. The van der Waals surface area contributed by atoms with Crippen LogP contribution >= 0.6 is 0 Å². The van der Waals surface area contributed by atoms with Crippen molar-refractivity contribution in [3.8, 4) is 17.4 Å². The first-order valence-corrected chi connectivity index (χ1v) is 10.4. The average Bonchev–Trinajstić information content (AvgIpc) is 3.45. The van der Waals surface area contributed by atoms with E-state index < -0.39 is 0 Å². The zero-order valence-corrected chi connectivity index (χ0v) is 17.1. The number of benzene rings is 1. The molecule has 0 saturated carbocycles. The molecule has 1 aliphatic rings. The minimum Gasteiger partial charge on any atom is -0.463 e. The second-order valence-corrected chi connectivity index (χ2v) is 7.68. The molecule has 5 rings (SSSR count). The van der Waals surface area contributed by atoms with Crippen molar-refractivity contribution in [2.24, 2.45) is 0 Å². The van der Waals surface area contributed by atoms with Crippen molar-refractivity contribution in [3.63, 3.8) is 0 Å². The Morgan fingerprint density at radius 3 is 2.78 bits per heavy atom. The maximum absolute atomic E-state index is 13.1. The lowest BCUT2D eigenvalue weighted by Gasteiger charge is -2.15. The Morgan fingerprint density at radius 1 is 1.19 bits per heavy atom. The van der Waals surface area contributed by atoms with E-state index in [0.717, 1.165) is 25.0 Å². The normalized spacial score (nSPS) is 13.0. The number of aromatic nitrogens is 4. The number of amides is 1. The molecule has 1 aromatic carbocycles. The van der Waals surface area contributed by atoms with Crippen LogP contribution in [0.4, 0.5) is 10.2 Å². The van der Waals surface area contributed by atoms with Crippen molar-refractivity contribution in [1.82, 2.24) is 19.7 Å². The van der Waals surface area contributed by atoms with Crippen molar-refractivity contribution < 1.29 is 13.6 Å². The van der Waals surface area contributed by atoms with E-state index in [1.807, 2.05) is 0 Å². The van der Waals surface area contributed by atoms with Gasteiger partial charge in [0, 0.05) is 11.6 Å². The van der Waals surface area contributed by atoms with Crippen LogP contribution in [0, 0.1) is 5.82 Å². The van der Waals surface area contributed by atoms with E-state index in [2.05, 4.69) is 20.4 Å². The minimum absolute atomic E-state index is 0.0513. The maximum atomic E-state index is 13.1. The molecule has 3 aromatic heterocycles. The molecule has 162 valence electrons. The smallest absolute Gasteiger partial charge is 0.255 e. The quantitative estimate of drug-likeness (QED) is 0.502. The van der Waals surface area contributed by atoms with Gasteiger partial charge in [-0.3, -0.25) is 14.6 Å². The molecule has 32 heavy (non-hydrogen) atoms. The van der Waals surface area contributed by atoms with Crippen LogP contribution in [-0.2, 0) is 24.1 Å². The number of furan rings is 1. The summed E-state index contributed by atoms with van der Waals surface area (Å²) in [5, 5.41) is 7.33. The number of aromatic amines is 1. The van der Waals surface area contributed by atoms with Crippen molar-refractivity contribution in [1.29, 1.82) is 0 Å². The molecular weight excluding hydrogens is 413 g/mol. The Labute approximate surface area is 182 Å². The van der Waals surface area contributed by atoms with Crippen molar-refractivity contribution in [2.45, 2.75) is 32.1 Å². The van der Waals surface area contributed by atoms with E-state index in [4.69, 9.17) is 4.42 Å². The molecular formula is C23H20FN5O3. The number of nitrogens with zero attached hydrogens (tertiary/aromatic N) is 3. The number of hydrogen-bond acceptors (Lipinski definition) is 5. The first kappa shape index (κ1) is 19.9. The lowest BCUT2D eigenvalue weighted by Crippen LogP contribution is -2.25. The number of carbonyl (C=O) groups excluding carboxylic acids is 1. The Balaban J connectivity index is 1.50. The van der Waals surface area contributed by atoms with Gasteiger partial charge >= 0.3 is 0 Å². The monoisotopic (exact) mass is 433 g/mol. The second-order valence-electron chi connectivity index (χ2n) is 7.68. The molecule has 0 spiro atoms. The number of fused-ring (bicyclic) bond motifs is 1. The Morgan fingerprint density at radius 2 is 2.00 bits per heavy atom. The minimum atomic E-state index is -0.363. The topological polar surface area (TPSA) is 106 Å². The van der Waals surface area contributed by atoms with E-state index in [-0.39, 0.29) is 29.7 Å². The van der Waals surface area contributed by atoms with Crippen LogP contribution in [-0.4, -0.2) is 25.7 Å². The van der Waals surface area contributed by atoms with E-state index in [1.165, 1.54) is 23.1 Å². The fourth-order valence-electron chi connectivity index (χ4n) is 3.84. The van der Waals surface area contributed by atoms with Gasteiger partial charge in [-0.05, 0) is 55.5 Å². The first-order valence-electron chi connectivity index (χ1n) is 10.4. The zero-order valence-electron chi connectivity index (χ0n) is 17.1. The number of anilines is 1. The van der Waals surface area contributed by atoms with Gasteiger partial charge in [0.05, 0.1) is 18.4 Å². The number of rotatable bonds is 5. The van der Waals surface area contributed by atoms with E-state index in [1.54, 1.807) is 30.3 Å². The highest BCUT2D eigenvalue weighted by Gasteiger charge is 2.20. The van der Waals surface area contributed by atoms with Crippen molar-refractivity contribution in [2.75, 3.05) is 5.32 Å². The van der Waals surface area contributed by atoms with Crippen molar-refractivity contribution in [3.05, 3.63) is 81.7 Å². The molecule has 3 heterocycles. The van der Waals surface area contributed by atoms with Crippen LogP contribution in [0.15, 0.2) is 57.9 Å². The standard InChI is InChI=1S/C23H20FN5O3/c24-15-9-7-14(8-10-15)12-21(30)26-20-13-18(19-6-3-11-32-19)28-29(20)23-25-17-5-2-1-4-16(17)22(31)27-23/h3,6-11,13H,1-2,4-5,12H2,(H,26,30)(H,25,27,31). The third kappa shape index (κ3) is 3.96. The van der Waals surface area contributed by atoms with E-state index in [0.29, 0.717) is 34.8 Å². The van der Waals surface area contributed by atoms with E-state index >= 15 is 0 Å². The number of aryl methyl sites for hydroxylation is 1. The molecule has 0 aliphatic heterocycles. The molecule has 2 N–H and O–H groups in total. The lowest BCUT2D eigenvalue weighted by molar-refractivity contribution is -0.115. The van der Waals surface area contributed by atoms with Crippen molar-refractivity contribution >= 4 is 11.7 Å². The van der Waals surface area contributed by atoms with Crippen LogP contribution in [0.25, 0.3) is 17.4 Å². The average molecular weight is 433 g/mol. The van der Waals surface area contributed by atoms with Crippen LogP contribution in [0.2, 0.25) is 0 Å². The van der Waals surface area contributed by atoms with Gasteiger partial charge in [-0.15, -0.1) is 0 Å². The van der Waals surface area contributed by atoms with Gasteiger partial charge in [0.25, 0.3) is 5.56 Å². The molecule has 0 unspecified atom stereocenters. The number of carbonyl (C=O) groups is 1. The van der Waals surface area contributed by atoms with Gasteiger partial charge in [0.1, 0.15) is 17.3 Å². The summed E-state index contributed by atoms with van der Waals surface area (Å²) >= 11 is 0. The fourth-order valence-corrected chi connectivity index (χ4v) is 3.84. The molecule has 0 fully saturated rings. The van der Waals surface area contributed by atoms with Gasteiger partial charge < -0.3 is 9.73 Å². The molecule has 8 nitrogen and oxygen atoms in total. The van der Waals surface area contributed by atoms with Gasteiger partial charge in [-0.25, -0.2) is 9.37 Å². The zero-order chi connectivity index (χ0) is 22.1. The summed E-state index contributed by atoms with van der Waals surface area (Å²) in [4.78, 5) is 32.7. The summed E-state index contributed by atoms with van der Waals surface area (Å²) in [5.41, 5.74) is 2.42. The first-order chi connectivity index (χ1) is 15.6. The molecule has 0 bridgehead atoms. The maximum Gasteiger partial charge on any atom is 0.255 e. The van der Waals surface area contributed by atoms with Gasteiger partial charge in [0.15, 0.2) is 5.76 Å². The summed E-state index contributed by atoms with van der Waals surface area (Å²) in [6.45, 7) is 0. The Kier molecular flexibility index (Phi) is 5.14. The third-order valence-corrected chi connectivity index (χ3v) is 5.41. The molecule has 0 atom stereocenters. The highest BCUT2D eigenvalue weighted by Crippen LogP contribution is 2.25. The van der Waals surface area contributed by atoms with E-state index in [9.17, 15) is 14.0 Å². The summed E-state index contributed by atoms with van der Waals surface area (Å²) in [7, 11) is 0. The van der Waals surface area contributed by atoms with Gasteiger partial charge in [-0.1, -0.05) is 12.1 Å². The molecule has 0 saturated heterocycles. The predicted molar refractivity (Wildman–Crippen MR) is 115 cm³/mol. The summed E-state index contributed by atoms with van der Waals surface area (Å²) in [6, 6.07) is 10.9. The summed E-state index contributed by atoms with van der Waals surface area (Å²) < 4.78 is 20.0. The van der Waals surface area contributed by atoms with Crippen LogP contribution < -0.4 is 10.9 Å². The lowest BCUT2D eigenvalue weighted by atomic mass is 9.97. The summed E-state index contributed by atoms with van der Waals surface area (Å²) in [6.07, 6.45) is 4.95. The third-order valence-electron chi connectivity index (χ3n) is 5.41. The Bertz CT molecular complexity index is 1320. The molecule has 1 aliphatic carbocycles. The van der Waals surface area contributed by atoms with Crippen LogP contribution in [0.3, 0.4) is 0 Å². The Hall–Kier alpha value is -4.01. The van der Waals surface area contributed by atoms with Gasteiger partial charge in [0.2, 0.25) is 11.9 Å². The SMILES string of the molecule is O=C(Cc1ccc(F)cc1)Nc1cc(-c2ccco2)nn1-c1nc2c(c(=O)[nH]1)CCCC2. The molecule has 4 aromatic rings. The number of halogens is 1. The van der Waals surface area contributed by atoms with Crippen LogP contribution in [0.1, 0.15) is 29.7 Å². The number of hydrogen-bond donors (Lipinski definition) is 2. The number of nitrogens with one attached hydrogen (secondary N) is 2.